The number of pyridine rings is 1. The van der Waals surface area contributed by atoms with Crippen LogP contribution < -0.4 is 0 Å². The second kappa shape index (κ2) is 17.1. The maximum Gasteiger partial charge on any atom is 0.164 e. The number of nitrogens with zero attached hydrogens (tertiary/aromatic N) is 10. The average molecular weight is 829 g/mol. The molecule has 6 aromatic carbocycles. The molecule has 0 fully saturated rings. The first-order chi connectivity index (χ1) is 31.3. The molecule has 0 amide bonds. The van der Waals surface area contributed by atoms with Gasteiger partial charge in [0.1, 0.15) is 5.82 Å². The van der Waals surface area contributed by atoms with Crippen LogP contribution in [0.4, 0.5) is 0 Å². The van der Waals surface area contributed by atoms with Crippen LogP contribution in [0.25, 0.3) is 102 Å². The van der Waals surface area contributed by atoms with Crippen LogP contribution in [0.1, 0.15) is 26.6 Å². The molecule has 64 heavy (non-hydrogen) atoms. The van der Waals surface area contributed by atoms with Gasteiger partial charge in [0.25, 0.3) is 0 Å². The van der Waals surface area contributed by atoms with Crippen molar-refractivity contribution in [1.29, 1.82) is 0 Å². The molecule has 306 valence electrons. The number of aromatic nitrogens is 10. The van der Waals surface area contributed by atoms with E-state index in [4.69, 9.17) is 44.9 Å². The summed E-state index contributed by atoms with van der Waals surface area (Å²) < 4.78 is 0. The van der Waals surface area contributed by atoms with Gasteiger partial charge in [-0.3, -0.25) is 4.98 Å². The van der Waals surface area contributed by atoms with Gasteiger partial charge < -0.3 is 0 Å². The standard InChI is InChI=1S/C54H40N10/c1-54(2,3)53-63-49(39-22-14-7-15-23-39)62-50(64-53)41-26-24-40(25-27-41)48-57-47(38-20-12-6-13-21-38)60-52(61-48)44-33-42(35-28-30-55-31-29-35)32-43(34-44)51-58-45(36-16-8-4-9-17-36)56-46(59-51)37-18-10-5-11-19-37/h4-34H,1-3H3. The van der Waals surface area contributed by atoms with Gasteiger partial charge in [-0.15, -0.1) is 0 Å². The minimum atomic E-state index is -0.289. The van der Waals surface area contributed by atoms with Gasteiger partial charge in [0.05, 0.1) is 0 Å². The molecule has 10 nitrogen and oxygen atoms in total. The van der Waals surface area contributed by atoms with Crippen molar-refractivity contribution in [1.82, 2.24) is 49.8 Å². The highest BCUT2D eigenvalue weighted by atomic mass is 15.1. The fourth-order valence-electron chi connectivity index (χ4n) is 7.21. The minimum Gasteiger partial charge on any atom is -0.265 e. The smallest absolute Gasteiger partial charge is 0.164 e. The van der Waals surface area contributed by atoms with Crippen molar-refractivity contribution in [2.75, 3.05) is 0 Å². The second-order valence-corrected chi connectivity index (χ2v) is 16.2. The van der Waals surface area contributed by atoms with Gasteiger partial charge in [-0.2, -0.15) is 0 Å². The van der Waals surface area contributed by atoms with E-state index in [0.29, 0.717) is 52.4 Å². The van der Waals surface area contributed by atoms with E-state index in [9.17, 15) is 0 Å². The second-order valence-electron chi connectivity index (χ2n) is 16.2. The molecular formula is C54H40N10. The van der Waals surface area contributed by atoms with Gasteiger partial charge in [-0.25, -0.2) is 44.9 Å². The summed E-state index contributed by atoms with van der Waals surface area (Å²) in [4.78, 5) is 49.4. The van der Waals surface area contributed by atoms with Crippen molar-refractivity contribution in [3.05, 3.63) is 194 Å². The maximum atomic E-state index is 5.17. The van der Waals surface area contributed by atoms with Gasteiger partial charge in [0.15, 0.2) is 46.6 Å². The highest BCUT2D eigenvalue weighted by Crippen LogP contribution is 2.34. The molecule has 0 atom stereocenters. The lowest BCUT2D eigenvalue weighted by Crippen LogP contribution is -2.18. The van der Waals surface area contributed by atoms with Crippen LogP contribution in [0.3, 0.4) is 0 Å². The topological polar surface area (TPSA) is 129 Å². The number of hydrogen-bond donors (Lipinski definition) is 0. The normalized spacial score (nSPS) is 11.4. The summed E-state index contributed by atoms with van der Waals surface area (Å²) in [5, 5.41) is 0. The van der Waals surface area contributed by atoms with Crippen LogP contribution in [0.15, 0.2) is 188 Å². The summed E-state index contributed by atoms with van der Waals surface area (Å²) in [6.07, 6.45) is 3.57. The van der Waals surface area contributed by atoms with E-state index < -0.39 is 0 Å². The Bertz CT molecular complexity index is 3160. The first-order valence-corrected chi connectivity index (χ1v) is 21.0. The molecule has 10 rings (SSSR count). The predicted molar refractivity (Wildman–Crippen MR) is 252 cm³/mol. The van der Waals surface area contributed by atoms with Crippen LogP contribution in [-0.4, -0.2) is 49.8 Å². The van der Waals surface area contributed by atoms with Crippen LogP contribution in [0.2, 0.25) is 0 Å². The Morgan fingerprint density at radius 2 is 0.516 bits per heavy atom. The van der Waals surface area contributed by atoms with E-state index in [1.54, 1.807) is 12.4 Å². The Morgan fingerprint density at radius 3 is 0.828 bits per heavy atom. The summed E-state index contributed by atoms with van der Waals surface area (Å²) in [6.45, 7) is 6.32. The average Bonchev–Trinajstić information content (AvgIpc) is 3.37. The molecule has 0 unspecified atom stereocenters. The minimum absolute atomic E-state index is 0.289. The molecule has 10 heteroatoms. The zero-order valence-corrected chi connectivity index (χ0v) is 35.4. The number of hydrogen-bond acceptors (Lipinski definition) is 10. The lowest BCUT2D eigenvalue weighted by atomic mass is 9.95. The predicted octanol–water partition coefficient (Wildman–Crippen LogP) is 11.9. The molecule has 0 aliphatic carbocycles. The summed E-state index contributed by atoms with van der Waals surface area (Å²) in [5.41, 5.74) is 8.36. The van der Waals surface area contributed by atoms with E-state index in [1.807, 2.05) is 164 Å². The molecule has 0 spiro atoms. The molecule has 0 saturated heterocycles. The van der Waals surface area contributed by atoms with Crippen molar-refractivity contribution in [3.63, 3.8) is 0 Å². The first-order valence-electron chi connectivity index (χ1n) is 21.0. The molecule has 0 radical (unpaired) electrons. The van der Waals surface area contributed by atoms with E-state index in [-0.39, 0.29) is 5.41 Å². The van der Waals surface area contributed by atoms with Crippen LogP contribution in [-0.2, 0) is 5.41 Å². The number of benzene rings is 6. The van der Waals surface area contributed by atoms with Crippen LogP contribution in [0, 0.1) is 0 Å². The van der Waals surface area contributed by atoms with Crippen molar-refractivity contribution < 1.29 is 0 Å². The fraction of sp³-hybridized carbons (Fsp3) is 0.0741. The van der Waals surface area contributed by atoms with Gasteiger partial charge in [-0.1, -0.05) is 166 Å². The summed E-state index contributed by atoms with van der Waals surface area (Å²) in [7, 11) is 0. The fourth-order valence-corrected chi connectivity index (χ4v) is 7.21. The lowest BCUT2D eigenvalue weighted by Gasteiger charge is -2.18. The molecule has 0 bridgehead atoms. The van der Waals surface area contributed by atoms with Gasteiger partial charge in [-0.05, 0) is 41.5 Å². The van der Waals surface area contributed by atoms with Crippen LogP contribution >= 0.6 is 0 Å². The van der Waals surface area contributed by atoms with Crippen LogP contribution in [0.5, 0.6) is 0 Å². The molecule has 4 aromatic heterocycles. The molecular weight excluding hydrogens is 789 g/mol. The third-order valence-electron chi connectivity index (χ3n) is 10.6. The van der Waals surface area contributed by atoms with Crippen molar-refractivity contribution >= 4 is 0 Å². The zero-order valence-electron chi connectivity index (χ0n) is 35.4. The Kier molecular flexibility index (Phi) is 10.6. The first kappa shape index (κ1) is 39.6. The number of rotatable bonds is 9. The van der Waals surface area contributed by atoms with E-state index in [2.05, 4.69) is 37.9 Å². The Morgan fingerprint density at radius 1 is 0.250 bits per heavy atom. The van der Waals surface area contributed by atoms with Gasteiger partial charge >= 0.3 is 0 Å². The van der Waals surface area contributed by atoms with E-state index in [1.165, 1.54) is 0 Å². The summed E-state index contributed by atoms with van der Waals surface area (Å²) in [6, 6.07) is 58.1. The third-order valence-corrected chi connectivity index (χ3v) is 10.6. The van der Waals surface area contributed by atoms with Gasteiger partial charge in [0.2, 0.25) is 0 Å². The Balaban J connectivity index is 1.12. The largest absolute Gasteiger partial charge is 0.265 e. The van der Waals surface area contributed by atoms with E-state index >= 15 is 0 Å². The molecule has 0 N–H and O–H groups in total. The third kappa shape index (κ3) is 8.53. The van der Waals surface area contributed by atoms with Gasteiger partial charge in [0, 0.05) is 62.3 Å². The quantitative estimate of drug-likeness (QED) is 0.139. The zero-order chi connectivity index (χ0) is 43.5. The van der Waals surface area contributed by atoms with E-state index in [0.717, 1.165) is 55.6 Å². The summed E-state index contributed by atoms with van der Waals surface area (Å²) >= 11 is 0. The van der Waals surface area contributed by atoms with Crippen molar-refractivity contribution in [2.24, 2.45) is 0 Å². The molecule has 4 heterocycles. The van der Waals surface area contributed by atoms with Crippen molar-refractivity contribution in [2.45, 2.75) is 26.2 Å². The monoisotopic (exact) mass is 828 g/mol. The highest BCUT2D eigenvalue weighted by molar-refractivity contribution is 5.80. The Hall–Kier alpha value is -8.50. The molecule has 10 aromatic rings. The lowest BCUT2D eigenvalue weighted by molar-refractivity contribution is 0.543. The van der Waals surface area contributed by atoms with Crippen molar-refractivity contribution in [3.8, 4) is 102 Å². The summed E-state index contributed by atoms with van der Waals surface area (Å²) in [5.74, 6) is 5.14. The SMILES string of the molecule is CC(C)(C)c1nc(-c2ccccc2)nc(-c2ccc(-c3nc(-c4ccccc4)nc(-c4cc(-c5ccncc5)cc(-c5nc(-c6ccccc6)nc(-c6ccccc6)n5)c4)n3)cc2)n1. The molecule has 0 saturated carbocycles. The molecule has 0 aliphatic rings. The highest BCUT2D eigenvalue weighted by Gasteiger charge is 2.22. The maximum absolute atomic E-state index is 5.17. The molecule has 0 aliphatic heterocycles. The Labute approximate surface area is 371 Å².